The zero-order valence-electron chi connectivity index (χ0n) is 12.0. The van der Waals surface area contributed by atoms with Crippen LogP contribution in [0.1, 0.15) is 38.2 Å². The van der Waals surface area contributed by atoms with Gasteiger partial charge in [0.15, 0.2) is 0 Å². The molecular formula is C16H25ClN2O. The molecule has 1 amide bonds. The maximum Gasteiger partial charge on any atom is 0.237 e. The van der Waals surface area contributed by atoms with E-state index in [2.05, 4.69) is 12.2 Å². The van der Waals surface area contributed by atoms with E-state index in [9.17, 15) is 4.79 Å². The normalized spacial score (nSPS) is 23.5. The first-order valence-corrected chi connectivity index (χ1v) is 7.25. The van der Waals surface area contributed by atoms with E-state index in [1.165, 1.54) is 12.8 Å². The number of hydrogen-bond donors (Lipinski definition) is 2. The summed E-state index contributed by atoms with van der Waals surface area (Å²) in [6.07, 6.45) is 5.27. The zero-order valence-corrected chi connectivity index (χ0v) is 12.9. The highest BCUT2D eigenvalue weighted by molar-refractivity contribution is 5.85. The number of amides is 1. The highest BCUT2D eigenvalue weighted by Crippen LogP contribution is 2.23. The van der Waals surface area contributed by atoms with Crippen LogP contribution in [0.2, 0.25) is 0 Å². The highest BCUT2D eigenvalue weighted by atomic mass is 35.5. The van der Waals surface area contributed by atoms with Crippen LogP contribution in [-0.2, 0) is 11.2 Å². The summed E-state index contributed by atoms with van der Waals surface area (Å²) in [6.45, 7) is 2.25. The largest absolute Gasteiger partial charge is 0.352 e. The molecule has 1 aromatic carbocycles. The lowest BCUT2D eigenvalue weighted by atomic mass is 9.87. The van der Waals surface area contributed by atoms with Crippen LogP contribution in [0.5, 0.6) is 0 Å². The fourth-order valence-corrected chi connectivity index (χ4v) is 2.83. The summed E-state index contributed by atoms with van der Waals surface area (Å²) >= 11 is 0. The first-order valence-electron chi connectivity index (χ1n) is 7.25. The average Bonchev–Trinajstić information content (AvgIpc) is 2.40. The van der Waals surface area contributed by atoms with Gasteiger partial charge < -0.3 is 11.1 Å². The van der Waals surface area contributed by atoms with E-state index in [4.69, 9.17) is 5.73 Å². The van der Waals surface area contributed by atoms with Crippen LogP contribution >= 0.6 is 12.4 Å². The van der Waals surface area contributed by atoms with Crippen molar-refractivity contribution >= 4 is 18.3 Å². The molecule has 0 bridgehead atoms. The van der Waals surface area contributed by atoms with Crippen LogP contribution in [0.4, 0.5) is 0 Å². The number of hydrogen-bond acceptors (Lipinski definition) is 2. The number of nitrogens with one attached hydrogen (secondary N) is 1. The molecule has 112 valence electrons. The molecule has 0 aromatic heterocycles. The molecule has 3 atom stereocenters. The van der Waals surface area contributed by atoms with Gasteiger partial charge in [0, 0.05) is 6.04 Å². The van der Waals surface area contributed by atoms with Gasteiger partial charge >= 0.3 is 0 Å². The summed E-state index contributed by atoms with van der Waals surface area (Å²) in [5.41, 5.74) is 7.10. The number of benzene rings is 1. The average molecular weight is 297 g/mol. The van der Waals surface area contributed by atoms with Gasteiger partial charge in [-0.3, -0.25) is 4.79 Å². The minimum Gasteiger partial charge on any atom is -0.352 e. The van der Waals surface area contributed by atoms with Crippen molar-refractivity contribution in [3.63, 3.8) is 0 Å². The first-order chi connectivity index (χ1) is 9.15. The van der Waals surface area contributed by atoms with Crippen LogP contribution in [-0.4, -0.2) is 18.0 Å². The standard InChI is InChI=1S/C16H24N2O.ClH/c1-12-6-5-9-14(10-12)18-16(19)15(17)11-13-7-3-2-4-8-13;/h2-4,7-8,12,14-15H,5-6,9-11,17H2,1H3,(H,18,19);1H. The first kappa shape index (κ1) is 17.0. The SMILES string of the molecule is CC1CCCC(NC(=O)C(N)Cc2ccccc2)C1.Cl. The van der Waals surface area contributed by atoms with Gasteiger partial charge in [-0.25, -0.2) is 0 Å². The molecule has 0 saturated heterocycles. The number of halogens is 1. The monoisotopic (exact) mass is 296 g/mol. The smallest absolute Gasteiger partial charge is 0.237 e. The molecule has 3 unspecified atom stereocenters. The van der Waals surface area contributed by atoms with Crippen LogP contribution in [0.25, 0.3) is 0 Å². The van der Waals surface area contributed by atoms with Crippen molar-refractivity contribution in [1.82, 2.24) is 5.32 Å². The summed E-state index contributed by atoms with van der Waals surface area (Å²) < 4.78 is 0. The van der Waals surface area contributed by atoms with Crippen molar-refractivity contribution < 1.29 is 4.79 Å². The Morgan fingerprint density at radius 1 is 1.35 bits per heavy atom. The second-order valence-corrected chi connectivity index (χ2v) is 5.77. The number of carbonyl (C=O) groups is 1. The fraction of sp³-hybridized carbons (Fsp3) is 0.562. The van der Waals surface area contributed by atoms with Crippen LogP contribution < -0.4 is 11.1 Å². The van der Waals surface area contributed by atoms with E-state index in [0.29, 0.717) is 18.4 Å². The molecule has 2 rings (SSSR count). The van der Waals surface area contributed by atoms with E-state index < -0.39 is 6.04 Å². The van der Waals surface area contributed by atoms with E-state index in [1.807, 2.05) is 30.3 Å². The minimum absolute atomic E-state index is 0. The summed E-state index contributed by atoms with van der Waals surface area (Å²) in [5.74, 6) is 0.701. The summed E-state index contributed by atoms with van der Waals surface area (Å²) in [6, 6.07) is 9.81. The lowest BCUT2D eigenvalue weighted by Gasteiger charge is -2.28. The van der Waals surface area contributed by atoms with Crippen molar-refractivity contribution in [1.29, 1.82) is 0 Å². The van der Waals surface area contributed by atoms with Crippen LogP contribution in [0, 0.1) is 5.92 Å². The van der Waals surface area contributed by atoms with Gasteiger partial charge in [0.05, 0.1) is 6.04 Å². The molecule has 1 aromatic rings. The molecular weight excluding hydrogens is 272 g/mol. The molecule has 4 heteroatoms. The second kappa shape index (κ2) is 8.28. The Balaban J connectivity index is 0.00000200. The molecule has 1 saturated carbocycles. The van der Waals surface area contributed by atoms with Crippen molar-refractivity contribution in [2.75, 3.05) is 0 Å². The molecule has 3 N–H and O–H groups in total. The summed E-state index contributed by atoms with van der Waals surface area (Å²) in [5, 5.41) is 3.11. The van der Waals surface area contributed by atoms with Gasteiger partial charge in [-0.15, -0.1) is 12.4 Å². The predicted octanol–water partition coefficient (Wildman–Crippen LogP) is 2.67. The van der Waals surface area contributed by atoms with E-state index in [1.54, 1.807) is 0 Å². The number of nitrogens with two attached hydrogens (primary N) is 1. The van der Waals surface area contributed by atoms with Crippen molar-refractivity contribution in [2.45, 2.75) is 51.1 Å². The van der Waals surface area contributed by atoms with E-state index >= 15 is 0 Å². The maximum atomic E-state index is 12.1. The van der Waals surface area contributed by atoms with Gasteiger partial charge in [-0.2, -0.15) is 0 Å². The lowest BCUT2D eigenvalue weighted by molar-refractivity contribution is -0.123. The van der Waals surface area contributed by atoms with Gasteiger partial charge in [-0.05, 0) is 30.7 Å². The highest BCUT2D eigenvalue weighted by Gasteiger charge is 2.22. The van der Waals surface area contributed by atoms with Crippen molar-refractivity contribution in [3.05, 3.63) is 35.9 Å². The molecule has 0 radical (unpaired) electrons. The quantitative estimate of drug-likeness (QED) is 0.897. The van der Waals surface area contributed by atoms with E-state index in [-0.39, 0.29) is 18.3 Å². The second-order valence-electron chi connectivity index (χ2n) is 5.77. The summed E-state index contributed by atoms with van der Waals surface area (Å²) in [7, 11) is 0. The third kappa shape index (κ3) is 5.14. The Morgan fingerprint density at radius 2 is 2.05 bits per heavy atom. The zero-order chi connectivity index (χ0) is 13.7. The van der Waals surface area contributed by atoms with Crippen molar-refractivity contribution in [3.8, 4) is 0 Å². The Kier molecular flexibility index (Phi) is 7.03. The van der Waals surface area contributed by atoms with Gasteiger partial charge in [0.2, 0.25) is 5.91 Å². The molecule has 1 aliphatic carbocycles. The molecule has 1 aliphatic rings. The van der Waals surface area contributed by atoms with Crippen molar-refractivity contribution in [2.24, 2.45) is 11.7 Å². The Morgan fingerprint density at radius 3 is 2.70 bits per heavy atom. The predicted molar refractivity (Wildman–Crippen MR) is 84.9 cm³/mol. The van der Waals surface area contributed by atoms with Gasteiger partial charge in [-0.1, -0.05) is 50.1 Å². The minimum atomic E-state index is -0.445. The molecule has 0 aliphatic heterocycles. The maximum absolute atomic E-state index is 12.1. The third-order valence-electron chi connectivity index (χ3n) is 3.92. The Labute approximate surface area is 127 Å². The fourth-order valence-electron chi connectivity index (χ4n) is 2.83. The topological polar surface area (TPSA) is 55.1 Å². The molecule has 20 heavy (non-hydrogen) atoms. The lowest BCUT2D eigenvalue weighted by Crippen LogP contribution is -2.47. The molecule has 3 nitrogen and oxygen atoms in total. The third-order valence-corrected chi connectivity index (χ3v) is 3.92. The van der Waals surface area contributed by atoms with Crippen LogP contribution in [0.3, 0.4) is 0 Å². The number of carbonyl (C=O) groups excluding carboxylic acids is 1. The van der Waals surface area contributed by atoms with Gasteiger partial charge in [0.1, 0.15) is 0 Å². The molecule has 0 spiro atoms. The Bertz CT molecular complexity index is 410. The number of rotatable bonds is 4. The van der Waals surface area contributed by atoms with Gasteiger partial charge in [0.25, 0.3) is 0 Å². The molecule has 0 heterocycles. The van der Waals surface area contributed by atoms with Crippen LogP contribution in [0.15, 0.2) is 30.3 Å². The van der Waals surface area contributed by atoms with E-state index in [0.717, 1.165) is 18.4 Å². The Hall–Kier alpha value is -1.06. The molecule has 1 fully saturated rings. The summed E-state index contributed by atoms with van der Waals surface area (Å²) in [4.78, 5) is 12.1.